The highest BCUT2D eigenvalue weighted by Gasteiger charge is 2.26. The summed E-state index contributed by atoms with van der Waals surface area (Å²) in [6, 6.07) is 8.62. The number of amidine groups is 1. The van der Waals surface area contributed by atoms with Crippen LogP contribution in [0.1, 0.15) is 17.2 Å². The van der Waals surface area contributed by atoms with E-state index >= 15 is 0 Å². The van der Waals surface area contributed by atoms with Crippen LogP contribution in [-0.4, -0.2) is 36.0 Å². The molecule has 26 heavy (non-hydrogen) atoms. The number of ether oxygens (including phenoxy) is 3. The molecule has 0 radical (unpaired) electrons. The third-order valence-corrected chi connectivity index (χ3v) is 3.86. The topological polar surface area (TPSA) is 136 Å². The Kier molecular flexibility index (Phi) is 4.70. The highest BCUT2D eigenvalue weighted by molar-refractivity contribution is 5.97. The molecule has 136 valence electrons. The van der Waals surface area contributed by atoms with Crippen LogP contribution in [0.5, 0.6) is 17.2 Å². The number of carboxylic acid groups (broad SMARTS) is 1. The van der Waals surface area contributed by atoms with Gasteiger partial charge in [0.05, 0.1) is 7.11 Å². The van der Waals surface area contributed by atoms with E-state index in [1.807, 2.05) is 0 Å². The van der Waals surface area contributed by atoms with Gasteiger partial charge in [-0.05, 0) is 42.0 Å². The van der Waals surface area contributed by atoms with Gasteiger partial charge in [-0.25, -0.2) is 4.79 Å². The lowest BCUT2D eigenvalue weighted by Crippen LogP contribution is -2.20. The molecule has 0 aromatic heterocycles. The Labute approximate surface area is 148 Å². The van der Waals surface area contributed by atoms with Gasteiger partial charge in [-0.3, -0.25) is 0 Å². The number of nitrogens with zero attached hydrogens (tertiary/aromatic N) is 1. The van der Waals surface area contributed by atoms with Crippen molar-refractivity contribution in [3.05, 3.63) is 47.5 Å². The quantitative estimate of drug-likeness (QED) is 0.265. The Bertz CT molecular complexity index is 850. The van der Waals surface area contributed by atoms with Crippen molar-refractivity contribution in [1.82, 2.24) is 0 Å². The summed E-state index contributed by atoms with van der Waals surface area (Å²) in [7, 11) is 1.47. The molecular weight excluding hydrogens is 342 g/mol. The van der Waals surface area contributed by atoms with E-state index in [4.69, 9.17) is 25.2 Å². The van der Waals surface area contributed by atoms with Gasteiger partial charge in [-0.1, -0.05) is 5.16 Å². The number of carbonyl (C=O) groups is 1. The van der Waals surface area contributed by atoms with Gasteiger partial charge in [0.15, 0.2) is 23.4 Å². The monoisotopic (exact) mass is 359 g/mol. The van der Waals surface area contributed by atoms with Crippen molar-refractivity contribution in [3.8, 4) is 17.2 Å². The molecule has 1 atom stereocenters. The summed E-state index contributed by atoms with van der Waals surface area (Å²) in [6.07, 6.45) is 0. The summed E-state index contributed by atoms with van der Waals surface area (Å²) in [4.78, 5) is 11.8. The van der Waals surface area contributed by atoms with E-state index in [0.29, 0.717) is 34.1 Å². The van der Waals surface area contributed by atoms with Crippen LogP contribution in [0.4, 0.5) is 5.69 Å². The zero-order valence-corrected chi connectivity index (χ0v) is 13.8. The highest BCUT2D eigenvalue weighted by atomic mass is 16.7. The summed E-state index contributed by atoms with van der Waals surface area (Å²) in [5.74, 6) is 0.154. The summed E-state index contributed by atoms with van der Waals surface area (Å²) >= 11 is 0. The van der Waals surface area contributed by atoms with E-state index in [1.54, 1.807) is 36.4 Å². The molecule has 0 saturated heterocycles. The molecular formula is C17H17N3O6. The van der Waals surface area contributed by atoms with E-state index in [0.717, 1.165) is 0 Å². The number of anilines is 1. The molecule has 2 aromatic carbocycles. The standard InChI is InChI=1S/C17H17N3O6/c1-24-12-6-10(7-13-15(12)26-8-25-13)14(17(21)22)19-11-4-2-9(3-5-11)16(18)20-23/h2-7,14,19,23H,8H2,1H3,(H2,18,20)(H,21,22). The van der Waals surface area contributed by atoms with Crippen LogP contribution in [0.25, 0.3) is 0 Å². The van der Waals surface area contributed by atoms with Crippen molar-refractivity contribution in [2.75, 3.05) is 19.2 Å². The number of oxime groups is 1. The number of methoxy groups -OCH3 is 1. The van der Waals surface area contributed by atoms with Crippen LogP contribution in [0, 0.1) is 0 Å². The Balaban J connectivity index is 1.90. The van der Waals surface area contributed by atoms with Crippen molar-refractivity contribution in [2.24, 2.45) is 10.9 Å². The Morgan fingerprint density at radius 2 is 2.04 bits per heavy atom. The molecule has 0 amide bonds. The number of nitrogens with two attached hydrogens (primary N) is 1. The Morgan fingerprint density at radius 1 is 1.31 bits per heavy atom. The smallest absolute Gasteiger partial charge is 0.330 e. The van der Waals surface area contributed by atoms with Gasteiger partial charge < -0.3 is 35.6 Å². The van der Waals surface area contributed by atoms with Gasteiger partial charge in [-0.15, -0.1) is 0 Å². The number of rotatable bonds is 6. The molecule has 1 aliphatic heterocycles. The van der Waals surface area contributed by atoms with E-state index in [9.17, 15) is 9.90 Å². The van der Waals surface area contributed by atoms with Crippen LogP contribution in [0.3, 0.4) is 0 Å². The fraction of sp³-hybridized carbons (Fsp3) is 0.176. The van der Waals surface area contributed by atoms with E-state index < -0.39 is 12.0 Å². The molecule has 2 aromatic rings. The molecule has 9 heteroatoms. The molecule has 1 heterocycles. The second-order valence-corrected chi connectivity index (χ2v) is 5.44. The lowest BCUT2D eigenvalue weighted by molar-refractivity contribution is -0.138. The summed E-state index contributed by atoms with van der Waals surface area (Å²) < 4.78 is 15.9. The molecule has 9 nitrogen and oxygen atoms in total. The first-order valence-electron chi connectivity index (χ1n) is 7.58. The van der Waals surface area contributed by atoms with E-state index in [2.05, 4.69) is 10.5 Å². The molecule has 0 spiro atoms. The van der Waals surface area contributed by atoms with Gasteiger partial charge in [0.25, 0.3) is 0 Å². The number of nitrogens with one attached hydrogen (secondary N) is 1. The lowest BCUT2D eigenvalue weighted by atomic mass is 10.0. The normalized spacial score (nSPS) is 14.0. The fourth-order valence-corrected chi connectivity index (χ4v) is 2.57. The van der Waals surface area contributed by atoms with Crippen molar-refractivity contribution in [2.45, 2.75) is 6.04 Å². The van der Waals surface area contributed by atoms with Crippen LogP contribution in [-0.2, 0) is 4.79 Å². The average molecular weight is 359 g/mol. The van der Waals surface area contributed by atoms with Crippen molar-refractivity contribution >= 4 is 17.5 Å². The maximum atomic E-state index is 11.8. The third kappa shape index (κ3) is 3.27. The number of carboxylic acids is 1. The number of hydrogen-bond acceptors (Lipinski definition) is 7. The van der Waals surface area contributed by atoms with Gasteiger partial charge in [0.1, 0.15) is 0 Å². The molecule has 0 bridgehead atoms. The average Bonchev–Trinajstić information content (AvgIpc) is 3.13. The minimum Gasteiger partial charge on any atom is -0.493 e. The Morgan fingerprint density at radius 3 is 2.65 bits per heavy atom. The number of aliphatic carboxylic acids is 1. The predicted molar refractivity (Wildman–Crippen MR) is 92.1 cm³/mol. The van der Waals surface area contributed by atoms with E-state index in [1.165, 1.54) is 7.11 Å². The second-order valence-electron chi connectivity index (χ2n) is 5.44. The number of hydrogen-bond donors (Lipinski definition) is 4. The number of fused-ring (bicyclic) bond motifs is 1. The minimum atomic E-state index is -1.08. The van der Waals surface area contributed by atoms with Crippen LogP contribution < -0.4 is 25.3 Å². The van der Waals surface area contributed by atoms with Crippen molar-refractivity contribution in [3.63, 3.8) is 0 Å². The van der Waals surface area contributed by atoms with Gasteiger partial charge in [0.2, 0.25) is 12.5 Å². The summed E-state index contributed by atoms with van der Waals surface area (Å²) in [5, 5.41) is 24.2. The minimum absolute atomic E-state index is 0.0353. The van der Waals surface area contributed by atoms with Gasteiger partial charge in [-0.2, -0.15) is 0 Å². The molecule has 0 aliphatic carbocycles. The zero-order valence-electron chi connectivity index (χ0n) is 13.8. The molecule has 0 saturated carbocycles. The zero-order chi connectivity index (χ0) is 18.7. The predicted octanol–water partition coefficient (Wildman–Crippen LogP) is 1.76. The molecule has 1 unspecified atom stereocenters. The SMILES string of the molecule is COc1cc(C(Nc2ccc(/C(N)=N/O)cc2)C(=O)O)cc2c1OCO2. The van der Waals surface area contributed by atoms with Gasteiger partial charge in [0, 0.05) is 11.3 Å². The Hall–Kier alpha value is -3.62. The lowest BCUT2D eigenvalue weighted by Gasteiger charge is -2.18. The summed E-state index contributed by atoms with van der Waals surface area (Å²) in [5.41, 5.74) is 7.01. The molecule has 5 N–H and O–H groups in total. The first-order chi connectivity index (χ1) is 12.5. The van der Waals surface area contributed by atoms with E-state index in [-0.39, 0.29) is 12.6 Å². The van der Waals surface area contributed by atoms with Crippen LogP contribution >= 0.6 is 0 Å². The van der Waals surface area contributed by atoms with Crippen LogP contribution in [0.2, 0.25) is 0 Å². The highest BCUT2D eigenvalue weighted by Crippen LogP contribution is 2.43. The molecule has 0 fully saturated rings. The maximum absolute atomic E-state index is 11.8. The van der Waals surface area contributed by atoms with Gasteiger partial charge >= 0.3 is 5.97 Å². The first kappa shape index (κ1) is 17.2. The summed E-state index contributed by atoms with van der Waals surface area (Å²) in [6.45, 7) is 0.0512. The molecule has 1 aliphatic rings. The maximum Gasteiger partial charge on any atom is 0.330 e. The fourth-order valence-electron chi connectivity index (χ4n) is 2.57. The van der Waals surface area contributed by atoms with Crippen LogP contribution in [0.15, 0.2) is 41.6 Å². The largest absolute Gasteiger partial charge is 0.493 e. The van der Waals surface area contributed by atoms with Crippen molar-refractivity contribution < 1.29 is 29.3 Å². The first-order valence-corrected chi connectivity index (χ1v) is 7.58. The van der Waals surface area contributed by atoms with Crippen molar-refractivity contribution in [1.29, 1.82) is 0 Å². The number of benzene rings is 2. The second kappa shape index (κ2) is 7.09. The third-order valence-electron chi connectivity index (χ3n) is 3.86. The molecule has 3 rings (SSSR count).